The molecule has 0 aliphatic carbocycles. The summed E-state index contributed by atoms with van der Waals surface area (Å²) in [5, 5.41) is 3.51. The van der Waals surface area contributed by atoms with Crippen LogP contribution in [-0.2, 0) is 0 Å². The van der Waals surface area contributed by atoms with Gasteiger partial charge in [-0.1, -0.05) is 109 Å². The highest BCUT2D eigenvalue weighted by atomic mass is 15.2. The molecular formula is C45H29N5. The number of para-hydroxylation sites is 2. The maximum Gasteiger partial charge on any atom is 0.235 e. The molecule has 50 heavy (non-hydrogen) atoms. The molecule has 10 aromatic rings. The second-order valence-electron chi connectivity index (χ2n) is 12.5. The lowest BCUT2D eigenvalue weighted by atomic mass is 10.0. The molecule has 0 aliphatic rings. The topological polar surface area (TPSA) is 48.5 Å². The van der Waals surface area contributed by atoms with E-state index in [2.05, 4.69) is 137 Å². The third-order valence-corrected chi connectivity index (χ3v) is 9.59. The summed E-state index contributed by atoms with van der Waals surface area (Å²) in [6.45, 7) is 0. The van der Waals surface area contributed by atoms with Crippen LogP contribution in [0.25, 0.3) is 89.0 Å². The average Bonchev–Trinajstić information content (AvgIpc) is 3.71. The number of pyridine rings is 1. The third-order valence-electron chi connectivity index (χ3n) is 9.59. The predicted molar refractivity (Wildman–Crippen MR) is 205 cm³/mol. The molecule has 0 saturated carbocycles. The van der Waals surface area contributed by atoms with Crippen molar-refractivity contribution in [1.29, 1.82) is 0 Å². The van der Waals surface area contributed by atoms with Crippen LogP contribution in [0.5, 0.6) is 0 Å². The summed E-state index contributed by atoms with van der Waals surface area (Å²) < 4.78 is 4.50. The van der Waals surface area contributed by atoms with Crippen molar-refractivity contribution in [2.45, 2.75) is 0 Å². The fourth-order valence-electron chi connectivity index (χ4n) is 7.29. The predicted octanol–water partition coefficient (Wildman–Crippen LogP) is 11.1. The fraction of sp³-hybridized carbons (Fsp3) is 0. The minimum atomic E-state index is 0.612. The number of rotatable bonds is 5. The van der Waals surface area contributed by atoms with E-state index in [9.17, 15) is 0 Å². The van der Waals surface area contributed by atoms with Gasteiger partial charge in [0, 0.05) is 39.2 Å². The molecule has 5 heteroatoms. The lowest BCUT2D eigenvalue weighted by molar-refractivity contribution is 0.994. The van der Waals surface area contributed by atoms with Crippen molar-refractivity contribution >= 4 is 43.7 Å². The Morgan fingerprint density at radius 3 is 1.58 bits per heavy atom. The second-order valence-corrected chi connectivity index (χ2v) is 12.5. The minimum absolute atomic E-state index is 0.612. The Morgan fingerprint density at radius 2 is 0.900 bits per heavy atom. The van der Waals surface area contributed by atoms with Crippen LogP contribution in [0.1, 0.15) is 0 Å². The van der Waals surface area contributed by atoms with E-state index in [-0.39, 0.29) is 0 Å². The zero-order valence-electron chi connectivity index (χ0n) is 27.0. The van der Waals surface area contributed by atoms with Crippen molar-refractivity contribution in [1.82, 2.24) is 24.1 Å². The molecule has 0 N–H and O–H groups in total. The van der Waals surface area contributed by atoms with Crippen LogP contribution in [-0.4, -0.2) is 24.1 Å². The average molecular weight is 640 g/mol. The molecule has 234 valence electrons. The van der Waals surface area contributed by atoms with Crippen LogP contribution in [0.4, 0.5) is 0 Å². The molecule has 5 nitrogen and oxygen atoms in total. The Morgan fingerprint density at radius 1 is 0.360 bits per heavy atom. The second kappa shape index (κ2) is 11.4. The Bertz CT molecular complexity index is 2800. The minimum Gasteiger partial charge on any atom is -0.309 e. The van der Waals surface area contributed by atoms with Gasteiger partial charge in [-0.05, 0) is 71.8 Å². The molecule has 0 amide bonds. The van der Waals surface area contributed by atoms with E-state index in [1.807, 2.05) is 48.7 Å². The Kier molecular flexibility index (Phi) is 6.42. The van der Waals surface area contributed by atoms with E-state index in [4.69, 9.17) is 15.0 Å². The largest absolute Gasteiger partial charge is 0.309 e. The fourth-order valence-corrected chi connectivity index (χ4v) is 7.29. The van der Waals surface area contributed by atoms with Gasteiger partial charge in [-0.15, -0.1) is 0 Å². The van der Waals surface area contributed by atoms with E-state index in [1.165, 1.54) is 21.8 Å². The zero-order valence-corrected chi connectivity index (χ0v) is 27.0. The molecule has 10 rings (SSSR count). The first kappa shape index (κ1) is 28.2. The maximum atomic E-state index is 5.16. The molecule has 4 heterocycles. The summed E-state index contributed by atoms with van der Waals surface area (Å²) in [4.78, 5) is 15.2. The van der Waals surface area contributed by atoms with Crippen molar-refractivity contribution in [2.75, 3.05) is 0 Å². The molecular weight excluding hydrogens is 611 g/mol. The van der Waals surface area contributed by atoms with E-state index < -0.39 is 0 Å². The number of aromatic nitrogens is 5. The summed E-state index contributed by atoms with van der Waals surface area (Å²) in [6.07, 6.45) is 1.86. The summed E-state index contributed by atoms with van der Waals surface area (Å²) in [7, 11) is 0. The highest BCUT2D eigenvalue weighted by Gasteiger charge is 2.19. The van der Waals surface area contributed by atoms with Gasteiger partial charge in [0.1, 0.15) is 0 Å². The molecule has 0 unspecified atom stereocenters. The van der Waals surface area contributed by atoms with Crippen molar-refractivity contribution in [2.24, 2.45) is 0 Å². The smallest absolute Gasteiger partial charge is 0.235 e. The van der Waals surface area contributed by atoms with Crippen molar-refractivity contribution in [3.63, 3.8) is 0 Å². The number of nitrogens with zero attached hydrogens (tertiary/aromatic N) is 5. The van der Waals surface area contributed by atoms with Crippen LogP contribution in [0.15, 0.2) is 176 Å². The SMILES string of the molecule is c1ccc(-c2cc(-c3ccccc3)nc(-n3c4ccc(-c5ccc6c(c5)c5ccccc5n6-c5ccccc5)cc4c4ncccc43)n2)cc1. The molecule has 0 radical (unpaired) electrons. The highest BCUT2D eigenvalue weighted by molar-refractivity contribution is 6.11. The molecule has 4 aromatic heterocycles. The van der Waals surface area contributed by atoms with Crippen LogP contribution >= 0.6 is 0 Å². The molecule has 6 aromatic carbocycles. The Labute approximate surface area is 288 Å². The van der Waals surface area contributed by atoms with E-state index >= 15 is 0 Å². The zero-order chi connectivity index (χ0) is 33.0. The third kappa shape index (κ3) is 4.52. The van der Waals surface area contributed by atoms with Gasteiger partial charge < -0.3 is 4.57 Å². The Balaban J connectivity index is 1.17. The number of fused-ring (bicyclic) bond motifs is 6. The lowest BCUT2D eigenvalue weighted by Gasteiger charge is -2.12. The van der Waals surface area contributed by atoms with Gasteiger partial charge in [-0.2, -0.15) is 0 Å². The number of hydrogen-bond donors (Lipinski definition) is 0. The van der Waals surface area contributed by atoms with Gasteiger partial charge in [0.25, 0.3) is 0 Å². The summed E-state index contributed by atoms with van der Waals surface area (Å²) in [5.74, 6) is 0.612. The molecule has 0 spiro atoms. The van der Waals surface area contributed by atoms with Gasteiger partial charge in [-0.3, -0.25) is 9.55 Å². The van der Waals surface area contributed by atoms with Crippen LogP contribution in [0.3, 0.4) is 0 Å². The van der Waals surface area contributed by atoms with Gasteiger partial charge in [0.05, 0.1) is 39.0 Å². The van der Waals surface area contributed by atoms with Crippen LogP contribution < -0.4 is 0 Å². The summed E-state index contributed by atoms with van der Waals surface area (Å²) in [6, 6.07) is 59.4. The van der Waals surface area contributed by atoms with Crippen molar-refractivity contribution in [3.8, 4) is 45.3 Å². The first-order valence-electron chi connectivity index (χ1n) is 16.8. The number of hydrogen-bond acceptors (Lipinski definition) is 3. The van der Waals surface area contributed by atoms with Crippen LogP contribution in [0.2, 0.25) is 0 Å². The van der Waals surface area contributed by atoms with E-state index in [1.54, 1.807) is 0 Å². The number of benzene rings is 6. The van der Waals surface area contributed by atoms with Crippen molar-refractivity contribution < 1.29 is 0 Å². The Hall–Kier alpha value is -6.85. The first-order valence-corrected chi connectivity index (χ1v) is 16.8. The molecule has 0 atom stereocenters. The highest BCUT2D eigenvalue weighted by Crippen LogP contribution is 2.38. The van der Waals surface area contributed by atoms with E-state index in [0.29, 0.717) is 5.95 Å². The quantitative estimate of drug-likeness (QED) is 0.188. The normalized spacial score (nSPS) is 11.6. The van der Waals surface area contributed by atoms with Gasteiger partial charge >= 0.3 is 0 Å². The molecule has 0 aliphatic heterocycles. The maximum absolute atomic E-state index is 5.16. The molecule has 0 saturated heterocycles. The first-order chi connectivity index (χ1) is 24.8. The van der Waals surface area contributed by atoms with E-state index in [0.717, 1.165) is 61.3 Å². The van der Waals surface area contributed by atoms with Crippen molar-refractivity contribution in [3.05, 3.63) is 176 Å². The van der Waals surface area contributed by atoms with Gasteiger partial charge in [0.2, 0.25) is 5.95 Å². The lowest BCUT2D eigenvalue weighted by Crippen LogP contribution is -2.04. The summed E-state index contributed by atoms with van der Waals surface area (Å²) >= 11 is 0. The van der Waals surface area contributed by atoms with Gasteiger partial charge in [-0.25, -0.2) is 9.97 Å². The molecule has 0 bridgehead atoms. The monoisotopic (exact) mass is 639 g/mol. The summed E-state index contributed by atoms with van der Waals surface area (Å²) in [5.41, 5.74) is 12.5. The van der Waals surface area contributed by atoms with Gasteiger partial charge in [0.15, 0.2) is 0 Å². The molecule has 0 fully saturated rings. The van der Waals surface area contributed by atoms with Crippen LogP contribution in [0, 0.1) is 0 Å². The standard InChI is InChI=1S/C45H29N5/c1-4-13-30(14-5-1)38-29-39(31-15-6-2-7-16-31)48-45(47-38)50-42-25-23-33(28-37(42)44-43(50)21-12-26-46-44)32-22-24-41-36(27-32)35-19-10-11-20-40(35)49(41)34-17-8-3-9-18-34/h1-29H.